The van der Waals surface area contributed by atoms with Crippen molar-refractivity contribution in [2.45, 2.75) is 32.2 Å². The molecule has 5 nitrogen and oxygen atoms in total. The molecule has 1 aliphatic rings. The minimum Gasteiger partial charge on any atom is -0.497 e. The Kier molecular flexibility index (Phi) is 6.58. The van der Waals surface area contributed by atoms with E-state index in [4.69, 9.17) is 14.2 Å². The van der Waals surface area contributed by atoms with E-state index in [2.05, 4.69) is 18.3 Å². The minimum atomic E-state index is 0.0180. The maximum absolute atomic E-state index is 11.6. The van der Waals surface area contributed by atoms with Gasteiger partial charge in [0.2, 0.25) is 0 Å². The number of rotatable bonds is 9. The molecular weight excluding hydrogens is 354 g/mol. The van der Waals surface area contributed by atoms with Gasteiger partial charge in [0.15, 0.2) is 17.8 Å². The molecule has 1 unspecified atom stereocenters. The number of ether oxygens (including phenoxy) is 3. The fourth-order valence-corrected chi connectivity index (χ4v) is 3.37. The van der Waals surface area contributed by atoms with Crippen LogP contribution in [0, 0.1) is 0 Å². The second-order valence-electron chi connectivity index (χ2n) is 6.78. The second kappa shape index (κ2) is 9.31. The summed E-state index contributed by atoms with van der Waals surface area (Å²) in [6.45, 7) is 2.74. The zero-order chi connectivity index (χ0) is 19.9. The molecule has 5 heteroatoms. The lowest BCUT2D eigenvalue weighted by atomic mass is 9.89. The Bertz CT molecular complexity index is 860. The summed E-state index contributed by atoms with van der Waals surface area (Å²) in [7, 11) is 3.30. The van der Waals surface area contributed by atoms with Crippen molar-refractivity contribution in [3.8, 4) is 17.2 Å². The predicted octanol–water partition coefficient (Wildman–Crippen LogP) is 4.31. The van der Waals surface area contributed by atoms with Crippen LogP contribution in [-0.4, -0.2) is 27.1 Å². The number of unbranched alkanes of at least 4 members (excludes halogenated alkanes) is 1. The Labute approximate surface area is 166 Å². The first-order valence-corrected chi connectivity index (χ1v) is 9.59. The van der Waals surface area contributed by atoms with Crippen molar-refractivity contribution in [1.82, 2.24) is 5.32 Å². The fourth-order valence-electron chi connectivity index (χ4n) is 3.37. The molecule has 0 aromatic heterocycles. The summed E-state index contributed by atoms with van der Waals surface area (Å²) in [5.74, 6) is 2.18. The minimum absolute atomic E-state index is 0.0180. The first kappa shape index (κ1) is 19.8. The first-order valence-electron chi connectivity index (χ1n) is 9.59. The fraction of sp³-hybridized carbons (Fsp3) is 0.348. The van der Waals surface area contributed by atoms with Crippen LogP contribution in [0.4, 0.5) is 0 Å². The Morgan fingerprint density at radius 3 is 2.68 bits per heavy atom. The van der Waals surface area contributed by atoms with Gasteiger partial charge in [-0.3, -0.25) is 4.79 Å². The molecule has 0 aliphatic carbocycles. The molecule has 0 saturated carbocycles. The topological polar surface area (TPSA) is 56.8 Å². The van der Waals surface area contributed by atoms with Gasteiger partial charge >= 0.3 is 0 Å². The van der Waals surface area contributed by atoms with Crippen LogP contribution >= 0.6 is 0 Å². The van der Waals surface area contributed by atoms with E-state index in [1.54, 1.807) is 20.4 Å². The van der Waals surface area contributed by atoms with Crippen LogP contribution in [0.25, 0.3) is 5.57 Å². The molecule has 0 saturated heterocycles. The average molecular weight is 381 g/mol. The smallest absolute Gasteiger partial charge is 0.161 e. The van der Waals surface area contributed by atoms with Gasteiger partial charge in [0.1, 0.15) is 5.75 Å². The third-order valence-electron chi connectivity index (χ3n) is 4.92. The number of nitrogens with one attached hydrogen (secondary N) is 1. The largest absolute Gasteiger partial charge is 0.497 e. The Morgan fingerprint density at radius 1 is 1.11 bits per heavy atom. The Balaban J connectivity index is 1.95. The van der Waals surface area contributed by atoms with E-state index < -0.39 is 0 Å². The molecule has 1 heterocycles. The molecule has 1 aliphatic heterocycles. The standard InChI is InChI=1S/C23H27NO4/c1-4-5-9-28-23-12-19-17(15-25)14-24-21(20(19)13-22(23)27-3)11-16-7-6-8-18(10-16)26-2/h6-8,10,12-15,21,24H,4-5,9,11H2,1-3H3. The highest BCUT2D eigenvalue weighted by Crippen LogP contribution is 2.39. The van der Waals surface area contributed by atoms with E-state index in [9.17, 15) is 4.79 Å². The highest BCUT2D eigenvalue weighted by molar-refractivity contribution is 6.08. The number of aldehydes is 1. The van der Waals surface area contributed by atoms with Gasteiger partial charge in [-0.25, -0.2) is 0 Å². The average Bonchev–Trinajstić information content (AvgIpc) is 2.73. The number of methoxy groups -OCH3 is 2. The second-order valence-corrected chi connectivity index (χ2v) is 6.78. The van der Waals surface area contributed by atoms with E-state index >= 15 is 0 Å². The molecule has 0 fully saturated rings. The third kappa shape index (κ3) is 4.30. The molecule has 3 rings (SSSR count). The molecule has 148 valence electrons. The molecular formula is C23H27NO4. The quantitative estimate of drug-likeness (QED) is 0.518. The monoisotopic (exact) mass is 381 g/mol. The molecule has 2 aromatic rings. The summed E-state index contributed by atoms with van der Waals surface area (Å²) < 4.78 is 16.8. The van der Waals surface area contributed by atoms with Crippen molar-refractivity contribution in [1.29, 1.82) is 0 Å². The van der Waals surface area contributed by atoms with E-state index in [0.29, 0.717) is 23.7 Å². The zero-order valence-corrected chi connectivity index (χ0v) is 16.7. The number of benzene rings is 2. The van der Waals surface area contributed by atoms with E-state index in [1.165, 1.54) is 0 Å². The summed E-state index contributed by atoms with van der Waals surface area (Å²) in [5.41, 5.74) is 3.66. The SMILES string of the molecule is CCCCOc1cc2c(cc1OC)C(Cc1cccc(OC)c1)NC=C2C=O. The molecule has 0 spiro atoms. The normalized spacial score (nSPS) is 15.1. The van der Waals surface area contributed by atoms with Crippen molar-refractivity contribution >= 4 is 11.9 Å². The van der Waals surface area contributed by atoms with Gasteiger partial charge in [-0.2, -0.15) is 0 Å². The number of hydrogen-bond acceptors (Lipinski definition) is 5. The summed E-state index contributed by atoms with van der Waals surface area (Å²) >= 11 is 0. The van der Waals surface area contributed by atoms with Crippen LogP contribution in [0.5, 0.6) is 17.2 Å². The van der Waals surface area contributed by atoms with Crippen molar-refractivity contribution in [2.75, 3.05) is 20.8 Å². The van der Waals surface area contributed by atoms with Gasteiger partial charge in [0.25, 0.3) is 0 Å². The molecule has 1 N–H and O–H groups in total. The van der Waals surface area contributed by atoms with Crippen molar-refractivity contribution in [3.05, 3.63) is 59.3 Å². The summed E-state index contributed by atoms with van der Waals surface area (Å²) in [6.07, 6.45) is 5.43. The molecule has 0 radical (unpaired) electrons. The van der Waals surface area contributed by atoms with Crippen LogP contribution in [0.3, 0.4) is 0 Å². The van der Waals surface area contributed by atoms with E-state index in [-0.39, 0.29) is 6.04 Å². The third-order valence-corrected chi connectivity index (χ3v) is 4.92. The van der Waals surface area contributed by atoms with Crippen molar-refractivity contribution < 1.29 is 19.0 Å². The molecule has 1 atom stereocenters. The molecule has 28 heavy (non-hydrogen) atoms. The summed E-state index contributed by atoms with van der Waals surface area (Å²) in [6, 6.07) is 11.9. The molecule has 0 bridgehead atoms. The van der Waals surface area contributed by atoms with E-state index in [1.807, 2.05) is 30.3 Å². The maximum Gasteiger partial charge on any atom is 0.161 e. The van der Waals surface area contributed by atoms with Crippen LogP contribution in [0.2, 0.25) is 0 Å². The predicted molar refractivity (Wildman–Crippen MR) is 110 cm³/mol. The van der Waals surface area contributed by atoms with Crippen molar-refractivity contribution in [2.24, 2.45) is 0 Å². The van der Waals surface area contributed by atoms with Crippen LogP contribution in [0.15, 0.2) is 42.6 Å². The van der Waals surface area contributed by atoms with Gasteiger partial charge < -0.3 is 19.5 Å². The van der Waals surface area contributed by atoms with Gasteiger partial charge in [0.05, 0.1) is 26.9 Å². The first-order chi connectivity index (χ1) is 13.7. The molecule has 2 aromatic carbocycles. The van der Waals surface area contributed by atoms with Gasteiger partial charge in [-0.15, -0.1) is 0 Å². The Hall–Kier alpha value is -2.95. The van der Waals surface area contributed by atoms with Crippen LogP contribution in [-0.2, 0) is 11.2 Å². The number of carbonyl (C=O) groups excluding carboxylic acids is 1. The Morgan fingerprint density at radius 2 is 1.96 bits per heavy atom. The highest BCUT2D eigenvalue weighted by atomic mass is 16.5. The lowest BCUT2D eigenvalue weighted by Crippen LogP contribution is -2.24. The maximum atomic E-state index is 11.6. The van der Waals surface area contributed by atoms with E-state index in [0.717, 1.165) is 48.0 Å². The lowest BCUT2D eigenvalue weighted by molar-refractivity contribution is -0.103. The summed E-state index contributed by atoms with van der Waals surface area (Å²) in [5, 5.41) is 3.35. The number of fused-ring (bicyclic) bond motifs is 1. The number of hydrogen-bond donors (Lipinski definition) is 1. The van der Waals surface area contributed by atoms with Crippen molar-refractivity contribution in [3.63, 3.8) is 0 Å². The molecule has 0 amide bonds. The number of carbonyl (C=O) groups is 1. The lowest BCUT2D eigenvalue weighted by Gasteiger charge is -2.27. The van der Waals surface area contributed by atoms with Gasteiger partial charge in [0, 0.05) is 11.8 Å². The highest BCUT2D eigenvalue weighted by Gasteiger charge is 2.24. The number of allylic oxidation sites excluding steroid dienone is 1. The van der Waals surface area contributed by atoms with Gasteiger partial charge in [-0.1, -0.05) is 25.5 Å². The van der Waals surface area contributed by atoms with Crippen LogP contribution < -0.4 is 19.5 Å². The van der Waals surface area contributed by atoms with Crippen LogP contribution in [0.1, 0.15) is 42.5 Å². The van der Waals surface area contributed by atoms with Gasteiger partial charge in [-0.05, 0) is 53.8 Å². The zero-order valence-electron chi connectivity index (χ0n) is 16.7. The summed E-state index contributed by atoms with van der Waals surface area (Å²) in [4.78, 5) is 11.6.